The fourth-order valence-corrected chi connectivity index (χ4v) is 3.38. The van der Waals surface area contributed by atoms with Crippen LogP contribution in [-0.4, -0.2) is 18.6 Å². The van der Waals surface area contributed by atoms with Gasteiger partial charge in [0.25, 0.3) is 0 Å². The first-order chi connectivity index (χ1) is 10.3. The minimum Gasteiger partial charge on any atom is -0.490 e. The predicted octanol–water partition coefficient (Wildman–Crippen LogP) is 2.86. The number of fused-ring (bicyclic) bond motifs is 1. The summed E-state index contributed by atoms with van der Waals surface area (Å²) >= 11 is 0. The van der Waals surface area contributed by atoms with E-state index in [4.69, 9.17) is 10.5 Å². The Morgan fingerprint density at radius 3 is 2.90 bits per heavy atom. The monoisotopic (exact) mass is 288 g/mol. The van der Waals surface area contributed by atoms with Crippen molar-refractivity contribution in [3.8, 4) is 5.75 Å². The van der Waals surface area contributed by atoms with E-state index < -0.39 is 0 Å². The summed E-state index contributed by atoms with van der Waals surface area (Å²) in [6.45, 7) is 0.700. The Morgan fingerprint density at radius 2 is 2.05 bits per heavy atom. The summed E-state index contributed by atoms with van der Waals surface area (Å²) in [5.74, 6) is 1.47. The lowest BCUT2D eigenvalue weighted by molar-refractivity contribution is -0.116. The van der Waals surface area contributed by atoms with Gasteiger partial charge in [-0.2, -0.15) is 0 Å². The average molecular weight is 288 g/mol. The van der Waals surface area contributed by atoms with Crippen molar-refractivity contribution >= 4 is 11.6 Å². The summed E-state index contributed by atoms with van der Waals surface area (Å²) in [6, 6.07) is 5.99. The maximum Gasteiger partial charge on any atom is 0.224 e. The van der Waals surface area contributed by atoms with E-state index in [2.05, 4.69) is 11.4 Å². The number of hydrogen-bond donors (Lipinski definition) is 2. The first-order valence-corrected chi connectivity index (χ1v) is 8.06. The number of carbonyl (C=O) groups excluding carboxylic acids is 1. The second kappa shape index (κ2) is 6.48. The molecule has 0 bridgehead atoms. The van der Waals surface area contributed by atoms with Crippen LogP contribution in [0.3, 0.4) is 0 Å². The van der Waals surface area contributed by atoms with E-state index in [1.165, 1.54) is 31.2 Å². The van der Waals surface area contributed by atoms with E-state index in [0.717, 1.165) is 24.3 Å². The van der Waals surface area contributed by atoms with Crippen LogP contribution in [0.2, 0.25) is 0 Å². The third-order valence-corrected chi connectivity index (χ3v) is 4.65. The third kappa shape index (κ3) is 3.38. The summed E-state index contributed by atoms with van der Waals surface area (Å²) < 4.78 is 6.24. The summed E-state index contributed by atoms with van der Waals surface area (Å²) in [5.41, 5.74) is 8.01. The highest BCUT2D eigenvalue weighted by molar-refractivity contribution is 5.93. The predicted molar refractivity (Wildman–Crippen MR) is 83.4 cm³/mol. The van der Waals surface area contributed by atoms with E-state index in [1.807, 2.05) is 12.1 Å². The van der Waals surface area contributed by atoms with Gasteiger partial charge in [0.05, 0.1) is 0 Å². The highest BCUT2D eigenvalue weighted by atomic mass is 16.5. The van der Waals surface area contributed by atoms with Crippen molar-refractivity contribution in [1.29, 1.82) is 0 Å². The van der Waals surface area contributed by atoms with E-state index >= 15 is 0 Å². The molecule has 1 fully saturated rings. The summed E-state index contributed by atoms with van der Waals surface area (Å²) in [4.78, 5) is 11.4. The maximum atomic E-state index is 11.4. The van der Waals surface area contributed by atoms with E-state index in [9.17, 15) is 4.79 Å². The molecule has 1 amide bonds. The largest absolute Gasteiger partial charge is 0.490 e. The van der Waals surface area contributed by atoms with Crippen LogP contribution in [-0.2, 0) is 11.2 Å². The number of carbonyl (C=O) groups is 1. The van der Waals surface area contributed by atoms with Gasteiger partial charge >= 0.3 is 0 Å². The van der Waals surface area contributed by atoms with Crippen LogP contribution >= 0.6 is 0 Å². The molecule has 4 heteroatoms. The fourth-order valence-electron chi connectivity index (χ4n) is 3.38. The number of hydrogen-bond acceptors (Lipinski definition) is 3. The summed E-state index contributed by atoms with van der Waals surface area (Å²) in [6.07, 6.45) is 7.62. The van der Waals surface area contributed by atoms with Gasteiger partial charge in [0.1, 0.15) is 11.9 Å². The minimum absolute atomic E-state index is 0.100. The van der Waals surface area contributed by atoms with Crippen LogP contribution in [0.4, 0.5) is 5.69 Å². The molecule has 2 atom stereocenters. The van der Waals surface area contributed by atoms with E-state index in [1.54, 1.807) is 0 Å². The Kier molecular flexibility index (Phi) is 4.44. The van der Waals surface area contributed by atoms with Crippen LogP contribution in [0.15, 0.2) is 18.2 Å². The molecule has 0 saturated heterocycles. The first kappa shape index (κ1) is 14.4. The Labute approximate surface area is 126 Å². The van der Waals surface area contributed by atoms with Crippen molar-refractivity contribution < 1.29 is 9.53 Å². The van der Waals surface area contributed by atoms with Crippen LogP contribution in [0.5, 0.6) is 5.75 Å². The smallest absolute Gasteiger partial charge is 0.224 e. The summed E-state index contributed by atoms with van der Waals surface area (Å²) in [5, 5.41) is 2.91. The molecule has 3 N–H and O–H groups in total. The number of nitrogens with one attached hydrogen (secondary N) is 1. The molecule has 1 saturated carbocycles. The molecule has 21 heavy (non-hydrogen) atoms. The molecule has 114 valence electrons. The second-order valence-corrected chi connectivity index (χ2v) is 6.16. The highest BCUT2D eigenvalue weighted by Gasteiger charge is 2.24. The zero-order chi connectivity index (χ0) is 14.7. The normalized spacial score (nSPS) is 25.7. The van der Waals surface area contributed by atoms with Gasteiger partial charge in [-0.25, -0.2) is 0 Å². The van der Waals surface area contributed by atoms with Crippen molar-refractivity contribution in [2.75, 3.05) is 11.9 Å². The second-order valence-electron chi connectivity index (χ2n) is 6.16. The van der Waals surface area contributed by atoms with Gasteiger partial charge in [0.15, 0.2) is 0 Å². The van der Waals surface area contributed by atoms with E-state index in [0.29, 0.717) is 18.9 Å². The van der Waals surface area contributed by atoms with Gasteiger partial charge < -0.3 is 15.8 Å². The highest BCUT2D eigenvalue weighted by Crippen LogP contribution is 2.31. The van der Waals surface area contributed by atoms with Gasteiger partial charge in [-0.3, -0.25) is 4.79 Å². The SMILES string of the molecule is NCC1CCCCCC1Oc1ccc2c(c1)CCC(=O)N2. The number of nitrogens with two attached hydrogens (primary N) is 1. The Bertz CT molecular complexity index is 516. The minimum atomic E-state index is 0.100. The zero-order valence-electron chi connectivity index (χ0n) is 12.4. The maximum absolute atomic E-state index is 11.4. The fraction of sp³-hybridized carbons (Fsp3) is 0.588. The number of rotatable bonds is 3. The summed E-state index contributed by atoms with van der Waals surface area (Å²) in [7, 11) is 0. The number of ether oxygens (including phenoxy) is 1. The van der Waals surface area contributed by atoms with Crippen LogP contribution < -0.4 is 15.8 Å². The first-order valence-electron chi connectivity index (χ1n) is 8.06. The number of amides is 1. The van der Waals surface area contributed by atoms with Crippen molar-refractivity contribution in [1.82, 2.24) is 0 Å². The topological polar surface area (TPSA) is 64.3 Å². The van der Waals surface area contributed by atoms with Crippen molar-refractivity contribution in [2.24, 2.45) is 11.7 Å². The molecule has 2 unspecified atom stereocenters. The lowest BCUT2D eigenvalue weighted by Gasteiger charge is -2.26. The van der Waals surface area contributed by atoms with Gasteiger partial charge in [-0.15, -0.1) is 0 Å². The molecular weight excluding hydrogens is 264 g/mol. The van der Waals surface area contributed by atoms with Crippen molar-refractivity contribution in [3.63, 3.8) is 0 Å². The molecule has 0 radical (unpaired) electrons. The number of anilines is 1. The molecule has 1 aliphatic heterocycles. The molecule has 1 aromatic rings. The quantitative estimate of drug-likeness (QED) is 0.841. The standard InChI is InChI=1S/C17H24N2O2/c18-11-13-4-2-1-3-5-16(13)21-14-7-8-15-12(10-14)6-9-17(20)19-15/h7-8,10,13,16H,1-6,9,11,18H2,(H,19,20). The van der Waals surface area contributed by atoms with Gasteiger partial charge in [-0.1, -0.05) is 12.8 Å². The van der Waals surface area contributed by atoms with Crippen LogP contribution in [0.25, 0.3) is 0 Å². The molecule has 4 nitrogen and oxygen atoms in total. The Balaban J connectivity index is 1.73. The molecule has 1 aromatic carbocycles. The molecule has 0 spiro atoms. The van der Waals surface area contributed by atoms with Crippen molar-refractivity contribution in [2.45, 2.75) is 51.0 Å². The van der Waals surface area contributed by atoms with Crippen LogP contribution in [0.1, 0.15) is 44.1 Å². The zero-order valence-corrected chi connectivity index (χ0v) is 12.4. The number of aryl methyl sites for hydroxylation is 1. The molecular formula is C17H24N2O2. The van der Waals surface area contributed by atoms with Gasteiger partial charge in [-0.05, 0) is 56.0 Å². The average Bonchev–Trinajstić information content (AvgIpc) is 2.72. The molecule has 3 rings (SSSR count). The molecule has 1 heterocycles. The van der Waals surface area contributed by atoms with Crippen LogP contribution in [0, 0.1) is 5.92 Å². The number of benzene rings is 1. The lowest BCUT2D eigenvalue weighted by Crippen LogP contribution is -2.31. The Morgan fingerprint density at radius 1 is 1.19 bits per heavy atom. The Hall–Kier alpha value is -1.55. The van der Waals surface area contributed by atoms with Crippen molar-refractivity contribution in [3.05, 3.63) is 23.8 Å². The molecule has 0 aromatic heterocycles. The lowest BCUT2D eigenvalue weighted by atomic mass is 9.97. The molecule has 1 aliphatic carbocycles. The third-order valence-electron chi connectivity index (χ3n) is 4.65. The van der Waals surface area contributed by atoms with Gasteiger partial charge in [0, 0.05) is 18.0 Å². The van der Waals surface area contributed by atoms with E-state index in [-0.39, 0.29) is 12.0 Å². The molecule has 2 aliphatic rings. The van der Waals surface area contributed by atoms with Gasteiger partial charge in [0.2, 0.25) is 5.91 Å².